The monoisotopic (exact) mass is 283 g/mol. The van der Waals surface area contributed by atoms with Crippen LogP contribution in [0, 0.1) is 6.92 Å². The predicted octanol–water partition coefficient (Wildman–Crippen LogP) is 1.88. The van der Waals surface area contributed by atoms with Crippen LogP contribution in [0.25, 0.3) is 11.0 Å². The molecule has 21 heavy (non-hydrogen) atoms. The first-order chi connectivity index (χ1) is 10.0. The van der Waals surface area contributed by atoms with Crippen molar-refractivity contribution in [2.45, 2.75) is 6.92 Å². The molecule has 0 amide bonds. The average Bonchev–Trinajstić information content (AvgIpc) is 2.82. The van der Waals surface area contributed by atoms with Crippen LogP contribution < -0.4 is 10.2 Å². The van der Waals surface area contributed by atoms with Crippen molar-refractivity contribution in [3.8, 4) is 0 Å². The number of hydrogen-bond donors (Lipinski definition) is 1. The van der Waals surface area contributed by atoms with Gasteiger partial charge in [0.2, 0.25) is 5.95 Å². The molecular weight excluding hydrogens is 266 g/mol. The van der Waals surface area contributed by atoms with Gasteiger partial charge in [0.25, 0.3) is 0 Å². The molecule has 7 nitrogen and oxygen atoms in total. The molecule has 0 fully saturated rings. The number of hydrogen-bond acceptors (Lipinski definition) is 6. The molecule has 0 aliphatic rings. The predicted molar refractivity (Wildman–Crippen MR) is 82.9 cm³/mol. The van der Waals surface area contributed by atoms with Gasteiger partial charge in [-0.2, -0.15) is 4.98 Å². The Morgan fingerprint density at radius 1 is 1.24 bits per heavy atom. The zero-order chi connectivity index (χ0) is 15.0. The first kappa shape index (κ1) is 13.3. The summed E-state index contributed by atoms with van der Waals surface area (Å²) in [4.78, 5) is 10.8. The molecule has 3 aromatic rings. The summed E-state index contributed by atoms with van der Waals surface area (Å²) in [7, 11) is 5.80. The summed E-state index contributed by atoms with van der Waals surface area (Å²) in [6, 6.07) is 5.86. The van der Waals surface area contributed by atoms with Crippen molar-refractivity contribution < 1.29 is 0 Å². The van der Waals surface area contributed by atoms with Crippen molar-refractivity contribution in [1.82, 2.24) is 25.0 Å². The van der Waals surface area contributed by atoms with Gasteiger partial charge >= 0.3 is 0 Å². The van der Waals surface area contributed by atoms with Gasteiger partial charge in [0.1, 0.15) is 11.3 Å². The number of rotatable bonds is 3. The van der Waals surface area contributed by atoms with Crippen LogP contribution >= 0.6 is 0 Å². The minimum Gasteiger partial charge on any atom is -0.362 e. The Kier molecular flexibility index (Phi) is 3.17. The van der Waals surface area contributed by atoms with E-state index in [1.54, 1.807) is 4.68 Å². The second-order valence-corrected chi connectivity index (χ2v) is 5.14. The summed E-state index contributed by atoms with van der Waals surface area (Å²) in [5.41, 5.74) is 3.74. The van der Waals surface area contributed by atoms with E-state index < -0.39 is 0 Å². The van der Waals surface area contributed by atoms with E-state index in [0.29, 0.717) is 5.95 Å². The third-order valence-corrected chi connectivity index (χ3v) is 3.24. The molecule has 0 radical (unpaired) electrons. The van der Waals surface area contributed by atoms with Crippen molar-refractivity contribution in [3.05, 3.63) is 30.0 Å². The highest BCUT2D eigenvalue weighted by atomic mass is 15.4. The molecule has 0 aliphatic carbocycles. The lowest BCUT2D eigenvalue weighted by atomic mass is 10.2. The number of fused-ring (bicyclic) bond motifs is 1. The Bertz CT molecular complexity index is 791. The molecule has 0 unspecified atom stereocenters. The third kappa shape index (κ3) is 2.49. The van der Waals surface area contributed by atoms with E-state index in [9.17, 15) is 0 Å². The van der Waals surface area contributed by atoms with E-state index in [1.807, 2.05) is 57.4 Å². The van der Waals surface area contributed by atoms with Crippen LogP contribution in [0.2, 0.25) is 0 Å². The molecule has 2 heterocycles. The smallest absolute Gasteiger partial charge is 0.229 e. The highest BCUT2D eigenvalue weighted by Crippen LogP contribution is 2.21. The highest BCUT2D eigenvalue weighted by Gasteiger charge is 2.07. The standard InChI is InChI=1S/C14H17N7/c1-9-8-15-14(17-13(9)20(2)3)16-10-5-6-12-11(7-10)18-19-21(12)4/h5-8H,1-4H3,(H,15,16,17). The number of anilines is 3. The van der Waals surface area contributed by atoms with E-state index in [0.717, 1.165) is 28.1 Å². The molecule has 2 aromatic heterocycles. The van der Waals surface area contributed by atoms with Crippen LogP contribution in [-0.2, 0) is 7.05 Å². The number of benzene rings is 1. The van der Waals surface area contributed by atoms with Gasteiger partial charge in [0, 0.05) is 38.6 Å². The quantitative estimate of drug-likeness (QED) is 0.791. The van der Waals surface area contributed by atoms with Crippen LogP contribution in [0.5, 0.6) is 0 Å². The second-order valence-electron chi connectivity index (χ2n) is 5.14. The summed E-state index contributed by atoms with van der Waals surface area (Å²) in [6.45, 7) is 1.99. The molecule has 0 bridgehead atoms. The molecule has 3 rings (SSSR count). The van der Waals surface area contributed by atoms with Crippen molar-refractivity contribution in [3.63, 3.8) is 0 Å². The highest BCUT2D eigenvalue weighted by molar-refractivity contribution is 5.79. The largest absolute Gasteiger partial charge is 0.362 e. The first-order valence-corrected chi connectivity index (χ1v) is 6.62. The fourth-order valence-electron chi connectivity index (χ4n) is 2.19. The maximum absolute atomic E-state index is 4.51. The van der Waals surface area contributed by atoms with Gasteiger partial charge in [-0.05, 0) is 25.1 Å². The lowest BCUT2D eigenvalue weighted by Gasteiger charge is -2.15. The van der Waals surface area contributed by atoms with E-state index in [4.69, 9.17) is 0 Å². The first-order valence-electron chi connectivity index (χ1n) is 6.62. The Hall–Kier alpha value is -2.70. The van der Waals surface area contributed by atoms with Crippen molar-refractivity contribution in [2.24, 2.45) is 7.05 Å². The maximum atomic E-state index is 4.51. The van der Waals surface area contributed by atoms with Crippen LogP contribution in [0.1, 0.15) is 5.56 Å². The molecular formula is C14H17N7. The Morgan fingerprint density at radius 2 is 2.05 bits per heavy atom. The van der Waals surface area contributed by atoms with E-state index in [2.05, 4.69) is 25.6 Å². The van der Waals surface area contributed by atoms with E-state index in [1.165, 1.54) is 0 Å². The Morgan fingerprint density at radius 3 is 2.81 bits per heavy atom. The minimum atomic E-state index is 0.563. The molecule has 1 aromatic carbocycles. The molecule has 0 spiro atoms. The minimum absolute atomic E-state index is 0.563. The number of nitrogens with zero attached hydrogens (tertiary/aromatic N) is 6. The van der Waals surface area contributed by atoms with Gasteiger partial charge in [-0.1, -0.05) is 5.21 Å². The molecule has 1 N–H and O–H groups in total. The van der Waals surface area contributed by atoms with Gasteiger partial charge in [0.15, 0.2) is 0 Å². The Balaban J connectivity index is 1.92. The zero-order valence-electron chi connectivity index (χ0n) is 12.5. The number of nitrogens with one attached hydrogen (secondary N) is 1. The van der Waals surface area contributed by atoms with Crippen molar-refractivity contribution in [2.75, 3.05) is 24.3 Å². The van der Waals surface area contributed by atoms with E-state index in [-0.39, 0.29) is 0 Å². The Labute approximate surface area is 122 Å². The van der Waals surface area contributed by atoms with Crippen LogP contribution in [0.15, 0.2) is 24.4 Å². The summed E-state index contributed by atoms with van der Waals surface area (Å²) in [5.74, 6) is 1.46. The molecule has 0 atom stereocenters. The van der Waals surface area contributed by atoms with Gasteiger partial charge < -0.3 is 10.2 Å². The molecule has 7 heteroatoms. The summed E-state index contributed by atoms with van der Waals surface area (Å²) < 4.78 is 1.74. The maximum Gasteiger partial charge on any atom is 0.229 e. The van der Waals surface area contributed by atoms with Crippen molar-refractivity contribution in [1.29, 1.82) is 0 Å². The van der Waals surface area contributed by atoms with Gasteiger partial charge in [-0.3, -0.25) is 0 Å². The van der Waals surface area contributed by atoms with Crippen LogP contribution in [0.3, 0.4) is 0 Å². The lowest BCUT2D eigenvalue weighted by Crippen LogP contribution is -2.13. The average molecular weight is 283 g/mol. The molecule has 0 saturated carbocycles. The molecule has 0 saturated heterocycles. The lowest BCUT2D eigenvalue weighted by molar-refractivity contribution is 0.736. The van der Waals surface area contributed by atoms with Gasteiger partial charge in [-0.15, -0.1) is 5.10 Å². The molecule has 0 aliphatic heterocycles. The topological polar surface area (TPSA) is 71.8 Å². The molecule has 108 valence electrons. The van der Waals surface area contributed by atoms with Crippen LogP contribution in [-0.4, -0.2) is 39.1 Å². The van der Waals surface area contributed by atoms with Crippen LogP contribution in [0.4, 0.5) is 17.5 Å². The number of aryl methyl sites for hydroxylation is 2. The van der Waals surface area contributed by atoms with Gasteiger partial charge in [0.05, 0.1) is 5.52 Å². The summed E-state index contributed by atoms with van der Waals surface area (Å²) in [5, 5.41) is 11.3. The van der Waals surface area contributed by atoms with Crippen molar-refractivity contribution >= 4 is 28.5 Å². The summed E-state index contributed by atoms with van der Waals surface area (Å²) in [6.07, 6.45) is 1.81. The summed E-state index contributed by atoms with van der Waals surface area (Å²) >= 11 is 0. The fourth-order valence-corrected chi connectivity index (χ4v) is 2.19. The second kappa shape index (κ2) is 5.01. The fraction of sp³-hybridized carbons (Fsp3) is 0.286. The zero-order valence-corrected chi connectivity index (χ0v) is 12.5. The normalized spacial score (nSPS) is 10.9. The third-order valence-electron chi connectivity index (χ3n) is 3.24. The number of aromatic nitrogens is 5. The van der Waals surface area contributed by atoms with Gasteiger partial charge in [-0.25, -0.2) is 9.67 Å². The van der Waals surface area contributed by atoms with E-state index >= 15 is 0 Å². The SMILES string of the molecule is Cc1cnc(Nc2ccc3c(c2)nnn3C)nc1N(C)C.